The van der Waals surface area contributed by atoms with Crippen molar-refractivity contribution in [2.45, 2.75) is 19.4 Å². The van der Waals surface area contributed by atoms with E-state index in [1.54, 1.807) is 4.90 Å². The van der Waals surface area contributed by atoms with E-state index in [-0.39, 0.29) is 22.9 Å². The lowest BCUT2D eigenvalue weighted by atomic mass is 10.1. The van der Waals surface area contributed by atoms with Crippen molar-refractivity contribution in [2.24, 2.45) is 5.92 Å². The molecule has 0 saturated carbocycles. The molecular formula is C18H18ClFN4O3S. The number of nitrogens with zero attached hydrogens (tertiary/aromatic N) is 2. The number of rotatable bonds is 3. The molecule has 10 heteroatoms. The third kappa shape index (κ3) is 4.11. The fraction of sp³-hybridized carbons (Fsp3) is 0.389. The van der Waals surface area contributed by atoms with Gasteiger partial charge in [-0.2, -0.15) is 0 Å². The van der Waals surface area contributed by atoms with Crippen LogP contribution in [0.3, 0.4) is 0 Å². The Labute approximate surface area is 169 Å². The minimum absolute atomic E-state index is 0.0470. The number of amides is 3. The summed E-state index contributed by atoms with van der Waals surface area (Å²) < 4.78 is 18.5. The molecule has 3 amide bonds. The summed E-state index contributed by atoms with van der Waals surface area (Å²) in [6.07, 6.45) is 1.32. The monoisotopic (exact) mass is 424 g/mol. The van der Waals surface area contributed by atoms with E-state index in [2.05, 4.69) is 15.6 Å². The van der Waals surface area contributed by atoms with E-state index in [1.807, 2.05) is 0 Å². The first kappa shape index (κ1) is 19.1. The van der Waals surface area contributed by atoms with Crippen molar-refractivity contribution >= 4 is 45.7 Å². The van der Waals surface area contributed by atoms with Gasteiger partial charge < -0.3 is 20.3 Å². The van der Waals surface area contributed by atoms with E-state index in [4.69, 9.17) is 16.3 Å². The van der Waals surface area contributed by atoms with Crippen LogP contribution in [-0.4, -0.2) is 41.6 Å². The summed E-state index contributed by atoms with van der Waals surface area (Å²) in [7, 11) is 0. The lowest BCUT2D eigenvalue weighted by molar-refractivity contribution is -0.119. The van der Waals surface area contributed by atoms with E-state index in [1.165, 1.54) is 29.5 Å². The zero-order valence-corrected chi connectivity index (χ0v) is 16.4. The number of thiazole rings is 1. The van der Waals surface area contributed by atoms with Gasteiger partial charge in [-0.1, -0.05) is 22.9 Å². The quantitative estimate of drug-likeness (QED) is 0.789. The van der Waals surface area contributed by atoms with Gasteiger partial charge in [-0.3, -0.25) is 4.79 Å². The molecule has 3 heterocycles. The average Bonchev–Trinajstić information content (AvgIpc) is 3.33. The van der Waals surface area contributed by atoms with Crippen molar-refractivity contribution < 1.29 is 18.7 Å². The SMILES string of the molecule is O=C(Nc1nc2c(s1)CN(C(=O)Nc1ccc(F)c(Cl)c1)CC2)C1CCOC1. The largest absolute Gasteiger partial charge is 0.381 e. The molecule has 2 N–H and O–H groups in total. The van der Waals surface area contributed by atoms with E-state index in [9.17, 15) is 14.0 Å². The molecular weight excluding hydrogens is 407 g/mol. The Bertz CT molecular complexity index is 916. The van der Waals surface area contributed by atoms with Gasteiger partial charge in [0.2, 0.25) is 5.91 Å². The first-order valence-electron chi connectivity index (χ1n) is 8.88. The van der Waals surface area contributed by atoms with E-state index >= 15 is 0 Å². The van der Waals surface area contributed by atoms with Gasteiger partial charge >= 0.3 is 6.03 Å². The predicted molar refractivity (Wildman–Crippen MR) is 104 cm³/mol. The van der Waals surface area contributed by atoms with Crippen molar-refractivity contribution in [1.82, 2.24) is 9.88 Å². The standard InChI is InChI=1S/C18H18ClFN4O3S/c19-12-7-11(1-2-13(12)20)21-18(26)24-5-3-14-15(8-24)28-17(22-14)23-16(25)10-4-6-27-9-10/h1-2,7,10H,3-6,8-9H2,(H,21,26)(H,22,23,25). The lowest BCUT2D eigenvalue weighted by Gasteiger charge is -2.26. The van der Waals surface area contributed by atoms with Crippen LogP contribution in [-0.2, 0) is 22.5 Å². The van der Waals surface area contributed by atoms with Crippen LogP contribution in [0.4, 0.5) is 20.0 Å². The van der Waals surface area contributed by atoms with E-state index in [0.717, 1.165) is 17.0 Å². The number of anilines is 2. The Morgan fingerprint density at radius 3 is 2.96 bits per heavy atom. The molecule has 7 nitrogen and oxygen atoms in total. The molecule has 1 aromatic carbocycles. The summed E-state index contributed by atoms with van der Waals surface area (Å²) in [4.78, 5) is 31.8. The molecule has 4 rings (SSSR count). The Kier molecular flexibility index (Phi) is 5.47. The number of carbonyl (C=O) groups is 2. The fourth-order valence-electron chi connectivity index (χ4n) is 3.15. The molecule has 2 aromatic rings. The molecule has 0 bridgehead atoms. The number of hydrogen-bond donors (Lipinski definition) is 2. The van der Waals surface area contributed by atoms with Crippen LogP contribution in [0, 0.1) is 11.7 Å². The van der Waals surface area contributed by atoms with Crippen molar-refractivity contribution in [3.63, 3.8) is 0 Å². The predicted octanol–water partition coefficient (Wildman–Crippen LogP) is 3.50. The second-order valence-corrected chi connectivity index (χ2v) is 8.16. The topological polar surface area (TPSA) is 83.6 Å². The molecule has 2 aliphatic heterocycles. The summed E-state index contributed by atoms with van der Waals surface area (Å²) in [5, 5.41) is 6.08. The van der Waals surface area contributed by atoms with Crippen molar-refractivity contribution in [3.8, 4) is 0 Å². The van der Waals surface area contributed by atoms with Crippen molar-refractivity contribution in [2.75, 3.05) is 30.4 Å². The lowest BCUT2D eigenvalue weighted by Crippen LogP contribution is -2.38. The van der Waals surface area contributed by atoms with Gasteiger partial charge in [0.25, 0.3) is 0 Å². The smallest absolute Gasteiger partial charge is 0.322 e. The number of hydrogen-bond acceptors (Lipinski definition) is 5. The third-order valence-corrected chi connectivity index (χ3v) is 6.01. The van der Waals surface area contributed by atoms with Gasteiger partial charge in [0, 0.05) is 30.1 Å². The number of carbonyl (C=O) groups excluding carboxylic acids is 2. The molecule has 1 atom stereocenters. The Balaban J connectivity index is 1.38. The van der Waals surface area contributed by atoms with Crippen LogP contribution in [0.2, 0.25) is 5.02 Å². The molecule has 1 saturated heterocycles. The minimum atomic E-state index is -0.536. The molecule has 0 spiro atoms. The van der Waals surface area contributed by atoms with Gasteiger partial charge in [-0.25, -0.2) is 14.2 Å². The van der Waals surface area contributed by atoms with Gasteiger partial charge in [0.05, 0.1) is 29.8 Å². The van der Waals surface area contributed by atoms with E-state index in [0.29, 0.717) is 43.5 Å². The first-order valence-corrected chi connectivity index (χ1v) is 10.1. The molecule has 0 radical (unpaired) electrons. The fourth-order valence-corrected chi connectivity index (χ4v) is 4.35. The van der Waals surface area contributed by atoms with Crippen LogP contribution >= 0.6 is 22.9 Å². The number of ether oxygens (including phenoxy) is 1. The molecule has 0 aliphatic carbocycles. The van der Waals surface area contributed by atoms with Crippen molar-refractivity contribution in [3.05, 3.63) is 39.6 Å². The Morgan fingerprint density at radius 1 is 1.36 bits per heavy atom. The highest BCUT2D eigenvalue weighted by Gasteiger charge is 2.27. The van der Waals surface area contributed by atoms with Gasteiger partial charge in [0.15, 0.2) is 5.13 Å². The van der Waals surface area contributed by atoms with Crippen LogP contribution in [0.15, 0.2) is 18.2 Å². The second-order valence-electron chi connectivity index (χ2n) is 6.67. The number of fused-ring (bicyclic) bond motifs is 1. The van der Waals surface area contributed by atoms with Crippen LogP contribution < -0.4 is 10.6 Å². The number of halogens is 2. The molecule has 1 unspecified atom stereocenters. The zero-order valence-electron chi connectivity index (χ0n) is 14.8. The maximum absolute atomic E-state index is 13.3. The van der Waals surface area contributed by atoms with Crippen LogP contribution in [0.1, 0.15) is 17.0 Å². The zero-order chi connectivity index (χ0) is 19.7. The van der Waals surface area contributed by atoms with Crippen LogP contribution in [0.25, 0.3) is 0 Å². The van der Waals surface area contributed by atoms with Gasteiger partial charge in [-0.15, -0.1) is 0 Å². The molecule has 28 heavy (non-hydrogen) atoms. The normalized spacial score (nSPS) is 18.6. The molecule has 1 fully saturated rings. The highest BCUT2D eigenvalue weighted by Crippen LogP contribution is 2.29. The third-order valence-electron chi connectivity index (χ3n) is 4.72. The highest BCUT2D eigenvalue weighted by molar-refractivity contribution is 7.15. The number of aromatic nitrogens is 1. The summed E-state index contributed by atoms with van der Waals surface area (Å²) in [6, 6.07) is 3.74. The number of benzene rings is 1. The molecule has 2 aliphatic rings. The summed E-state index contributed by atoms with van der Waals surface area (Å²) in [6.45, 7) is 1.95. The molecule has 148 valence electrons. The van der Waals surface area contributed by atoms with Gasteiger partial charge in [-0.05, 0) is 24.6 Å². The number of nitrogens with one attached hydrogen (secondary N) is 2. The summed E-state index contributed by atoms with van der Waals surface area (Å²) in [5.74, 6) is -0.747. The van der Waals surface area contributed by atoms with Crippen molar-refractivity contribution in [1.29, 1.82) is 0 Å². The summed E-state index contributed by atoms with van der Waals surface area (Å²) in [5.41, 5.74) is 1.33. The Hall–Kier alpha value is -2.23. The minimum Gasteiger partial charge on any atom is -0.381 e. The molecule has 1 aromatic heterocycles. The Morgan fingerprint density at radius 2 is 2.21 bits per heavy atom. The maximum atomic E-state index is 13.3. The van der Waals surface area contributed by atoms with Gasteiger partial charge in [0.1, 0.15) is 5.82 Å². The summed E-state index contributed by atoms with van der Waals surface area (Å²) >= 11 is 7.13. The average molecular weight is 425 g/mol. The number of urea groups is 1. The maximum Gasteiger partial charge on any atom is 0.322 e. The van der Waals surface area contributed by atoms with E-state index < -0.39 is 5.82 Å². The second kappa shape index (κ2) is 8.02. The first-order chi connectivity index (χ1) is 13.5. The van der Waals surface area contributed by atoms with Crippen LogP contribution in [0.5, 0.6) is 0 Å². The highest BCUT2D eigenvalue weighted by atomic mass is 35.5.